The summed E-state index contributed by atoms with van der Waals surface area (Å²) < 4.78 is 23.6. The van der Waals surface area contributed by atoms with Gasteiger partial charge in [0.1, 0.15) is 0 Å². The van der Waals surface area contributed by atoms with E-state index in [1.165, 1.54) is 13.8 Å². The fourth-order valence-electron chi connectivity index (χ4n) is 2.82. The van der Waals surface area contributed by atoms with Crippen molar-refractivity contribution >= 4 is 21.9 Å². The summed E-state index contributed by atoms with van der Waals surface area (Å²) in [4.78, 5) is 23.7. The maximum absolute atomic E-state index is 12.2. The van der Waals surface area contributed by atoms with Crippen molar-refractivity contribution in [2.75, 3.05) is 0 Å². The fraction of sp³-hybridized carbons (Fsp3) is 0.833. The molecule has 0 aromatic heterocycles. The topological polar surface area (TPSA) is 91.8 Å². The molecule has 0 unspecified atom stereocenters. The highest BCUT2D eigenvalue weighted by atomic mass is 32.2. The van der Waals surface area contributed by atoms with Crippen molar-refractivity contribution in [3.8, 4) is 0 Å². The van der Waals surface area contributed by atoms with E-state index in [1.54, 1.807) is 0 Å². The van der Waals surface area contributed by atoms with E-state index in [2.05, 4.69) is 0 Å². The first kappa shape index (κ1) is 14.3. The highest BCUT2D eigenvalue weighted by molar-refractivity contribution is 7.94. The minimum absolute atomic E-state index is 0.199. The van der Waals surface area contributed by atoms with Crippen molar-refractivity contribution in [1.82, 2.24) is 4.31 Å². The minimum atomic E-state index is -3.87. The molecule has 19 heavy (non-hydrogen) atoms. The quantitative estimate of drug-likeness (QED) is 0.817. The summed E-state index contributed by atoms with van der Waals surface area (Å²) in [5.74, 6) is -1.46. The summed E-state index contributed by atoms with van der Waals surface area (Å²) >= 11 is 0. The molecule has 0 radical (unpaired) electrons. The van der Waals surface area contributed by atoms with Crippen molar-refractivity contribution in [2.45, 2.75) is 56.7 Å². The van der Waals surface area contributed by atoms with Gasteiger partial charge in [0.2, 0.25) is 0 Å². The summed E-state index contributed by atoms with van der Waals surface area (Å²) in [5, 5.41) is 9.47. The largest absolute Gasteiger partial charge is 0.479 e. The maximum Gasteiger partial charge on any atom is 0.330 e. The molecular weight excluding hydrogens is 270 g/mol. The van der Waals surface area contributed by atoms with Crippen molar-refractivity contribution in [3.05, 3.63) is 0 Å². The molecule has 108 valence electrons. The number of hydrogen-bond donors (Lipinski definition) is 1. The van der Waals surface area contributed by atoms with Crippen molar-refractivity contribution in [3.63, 3.8) is 0 Å². The van der Waals surface area contributed by atoms with Crippen LogP contribution in [0.4, 0.5) is 0 Å². The van der Waals surface area contributed by atoms with Crippen molar-refractivity contribution in [2.24, 2.45) is 5.92 Å². The van der Waals surface area contributed by atoms with Crippen LogP contribution in [-0.4, -0.2) is 40.0 Å². The second kappa shape index (κ2) is 3.94. The lowest BCUT2D eigenvalue weighted by molar-refractivity contribution is -0.159. The minimum Gasteiger partial charge on any atom is -0.479 e. The van der Waals surface area contributed by atoms with Crippen LogP contribution in [0.15, 0.2) is 0 Å². The van der Waals surface area contributed by atoms with Crippen LogP contribution >= 0.6 is 0 Å². The molecule has 1 saturated heterocycles. The van der Waals surface area contributed by atoms with Crippen LogP contribution in [0.2, 0.25) is 0 Å². The number of rotatable bonds is 2. The number of carbonyl (C=O) groups is 2. The van der Waals surface area contributed by atoms with E-state index < -0.39 is 32.2 Å². The zero-order valence-electron chi connectivity index (χ0n) is 11.3. The van der Waals surface area contributed by atoms with Gasteiger partial charge < -0.3 is 5.11 Å². The summed E-state index contributed by atoms with van der Waals surface area (Å²) in [5.41, 5.74) is -1.57. The second-order valence-electron chi connectivity index (χ2n) is 6.10. The van der Waals surface area contributed by atoms with Crippen LogP contribution in [0.1, 0.15) is 46.5 Å². The number of sulfonamides is 1. The lowest BCUT2D eigenvalue weighted by atomic mass is 9.76. The van der Waals surface area contributed by atoms with Gasteiger partial charge in [0.15, 0.2) is 10.3 Å². The first-order chi connectivity index (χ1) is 8.57. The van der Waals surface area contributed by atoms with Crippen LogP contribution < -0.4 is 0 Å². The standard InChI is InChI=1S/C12H19NO5S/c1-8-4-6-12(7-5-8,10(15)16)13-9(14)11(2,3)19(13,17)18/h8H,4-7H2,1-3H3,(H,15,16). The molecule has 0 aromatic rings. The molecule has 0 spiro atoms. The van der Waals surface area contributed by atoms with Crippen molar-refractivity contribution < 1.29 is 23.1 Å². The van der Waals surface area contributed by atoms with E-state index in [1.807, 2.05) is 6.92 Å². The molecule has 1 aliphatic heterocycles. The van der Waals surface area contributed by atoms with Gasteiger partial charge in [-0.25, -0.2) is 17.5 Å². The van der Waals surface area contributed by atoms with Gasteiger partial charge in [0, 0.05) is 0 Å². The molecule has 2 fully saturated rings. The average molecular weight is 289 g/mol. The zero-order chi connectivity index (χ0) is 14.6. The Kier molecular flexibility index (Phi) is 2.97. The Balaban J connectivity index is 2.44. The van der Waals surface area contributed by atoms with Gasteiger partial charge in [-0.05, 0) is 45.4 Å². The van der Waals surface area contributed by atoms with Crippen LogP contribution in [0.3, 0.4) is 0 Å². The summed E-state index contributed by atoms with van der Waals surface area (Å²) in [7, 11) is -3.87. The molecule has 0 bridgehead atoms. The van der Waals surface area contributed by atoms with Gasteiger partial charge in [-0.3, -0.25) is 4.79 Å². The molecular formula is C12H19NO5S. The highest BCUT2D eigenvalue weighted by Gasteiger charge is 2.68. The summed E-state index contributed by atoms with van der Waals surface area (Å²) in [6, 6.07) is 0. The number of carboxylic acids is 1. The van der Waals surface area contributed by atoms with Crippen LogP contribution in [0.25, 0.3) is 0 Å². The Bertz CT molecular complexity index is 528. The molecule has 1 saturated carbocycles. The lowest BCUT2D eigenvalue weighted by Gasteiger charge is -2.53. The molecule has 0 atom stereocenters. The average Bonchev–Trinajstić information content (AvgIpc) is 2.31. The third-order valence-corrected chi connectivity index (χ3v) is 6.93. The van der Waals surface area contributed by atoms with E-state index in [4.69, 9.17) is 0 Å². The van der Waals surface area contributed by atoms with Gasteiger partial charge in [-0.1, -0.05) is 6.92 Å². The first-order valence-electron chi connectivity index (χ1n) is 6.40. The number of carboxylic acid groups (broad SMARTS) is 1. The molecule has 2 aliphatic rings. The Morgan fingerprint density at radius 2 is 1.79 bits per heavy atom. The monoisotopic (exact) mass is 289 g/mol. The molecule has 0 aromatic carbocycles. The zero-order valence-corrected chi connectivity index (χ0v) is 12.2. The normalized spacial score (nSPS) is 36.7. The molecule has 1 N–H and O–H groups in total. The Morgan fingerprint density at radius 1 is 1.32 bits per heavy atom. The Labute approximate surface area is 112 Å². The molecule has 1 heterocycles. The van der Waals surface area contributed by atoms with E-state index in [9.17, 15) is 23.1 Å². The lowest BCUT2D eigenvalue weighted by Crippen LogP contribution is -2.76. The van der Waals surface area contributed by atoms with Gasteiger partial charge in [0.05, 0.1) is 0 Å². The molecule has 1 aliphatic carbocycles. The molecule has 1 amide bonds. The van der Waals surface area contributed by atoms with E-state index >= 15 is 0 Å². The number of hydrogen-bond acceptors (Lipinski definition) is 4. The van der Waals surface area contributed by atoms with Crippen LogP contribution in [0, 0.1) is 5.92 Å². The number of carbonyl (C=O) groups excluding carboxylic acids is 1. The first-order valence-corrected chi connectivity index (χ1v) is 7.84. The molecule has 6 nitrogen and oxygen atoms in total. The van der Waals surface area contributed by atoms with Crippen molar-refractivity contribution in [1.29, 1.82) is 0 Å². The Hall–Kier alpha value is -1.11. The van der Waals surface area contributed by atoms with Gasteiger partial charge in [-0.2, -0.15) is 0 Å². The number of amides is 1. The third-order valence-electron chi connectivity index (χ3n) is 4.47. The van der Waals surface area contributed by atoms with Gasteiger partial charge in [0.25, 0.3) is 15.9 Å². The highest BCUT2D eigenvalue weighted by Crippen LogP contribution is 2.47. The fourth-order valence-corrected chi connectivity index (χ4v) is 4.62. The number of nitrogens with zero attached hydrogens (tertiary/aromatic N) is 1. The maximum atomic E-state index is 12.2. The smallest absolute Gasteiger partial charge is 0.330 e. The predicted molar refractivity (Wildman–Crippen MR) is 67.8 cm³/mol. The third kappa shape index (κ3) is 1.63. The molecule has 2 rings (SSSR count). The predicted octanol–water partition coefficient (Wildman–Crippen LogP) is 0.970. The SMILES string of the molecule is CC1CCC(C(=O)O)(N2C(=O)C(C)(C)S2(=O)=O)CC1. The van der Waals surface area contributed by atoms with E-state index in [-0.39, 0.29) is 12.8 Å². The summed E-state index contributed by atoms with van der Waals surface area (Å²) in [6.45, 7) is 4.65. The van der Waals surface area contributed by atoms with E-state index in [0.29, 0.717) is 23.1 Å². The molecule has 7 heteroatoms. The number of aliphatic carboxylic acids is 1. The van der Waals surface area contributed by atoms with Gasteiger partial charge >= 0.3 is 5.97 Å². The van der Waals surface area contributed by atoms with E-state index in [0.717, 1.165) is 0 Å². The van der Waals surface area contributed by atoms with Gasteiger partial charge in [-0.15, -0.1) is 0 Å². The summed E-state index contributed by atoms with van der Waals surface area (Å²) in [6.07, 6.45) is 1.63. The Morgan fingerprint density at radius 3 is 2.16 bits per heavy atom. The van der Waals surface area contributed by atoms with Crippen LogP contribution in [0.5, 0.6) is 0 Å². The second-order valence-corrected chi connectivity index (χ2v) is 8.44. The van der Waals surface area contributed by atoms with Crippen LogP contribution in [-0.2, 0) is 19.6 Å².